The van der Waals surface area contributed by atoms with Gasteiger partial charge in [0, 0.05) is 56.3 Å². The second-order valence-corrected chi connectivity index (χ2v) is 11.3. The standard InChI is InChI=1S/C30H33N5O5S/c1-5-40-29(37)26-19(2)31-30-34(27(26)20-9-11-22(12-10-20)32(3)4)28(36)25(41-30)18-21-17-23(35(38)39)13-14-24(21)33-15-7-6-8-16-33/h9-14,17-18,27H,5-8,15-16H2,1-4H3/b25-18+/t27-/m0/s1. The largest absolute Gasteiger partial charge is 0.463 e. The molecule has 3 aromatic rings. The lowest BCUT2D eigenvalue weighted by molar-refractivity contribution is -0.384. The number of nitro benzene ring substituents is 1. The van der Waals surface area contributed by atoms with Crippen molar-refractivity contribution >= 4 is 40.4 Å². The van der Waals surface area contributed by atoms with Crippen molar-refractivity contribution in [3.63, 3.8) is 0 Å². The number of rotatable bonds is 7. The van der Waals surface area contributed by atoms with Gasteiger partial charge in [-0.25, -0.2) is 9.79 Å². The summed E-state index contributed by atoms with van der Waals surface area (Å²) in [6.07, 6.45) is 4.95. The van der Waals surface area contributed by atoms with Crippen LogP contribution < -0.4 is 24.7 Å². The molecule has 1 aromatic heterocycles. The van der Waals surface area contributed by atoms with E-state index >= 15 is 0 Å². The van der Waals surface area contributed by atoms with Crippen molar-refractivity contribution in [3.8, 4) is 0 Å². The van der Waals surface area contributed by atoms with E-state index in [2.05, 4.69) is 9.89 Å². The first-order valence-corrected chi connectivity index (χ1v) is 14.5. The first kappa shape index (κ1) is 28.3. The number of hydrogen-bond acceptors (Lipinski definition) is 9. The zero-order valence-electron chi connectivity index (χ0n) is 23.6. The third-order valence-electron chi connectivity index (χ3n) is 7.45. The van der Waals surface area contributed by atoms with E-state index in [1.807, 2.05) is 43.3 Å². The number of aromatic nitrogens is 1. The van der Waals surface area contributed by atoms with Crippen LogP contribution in [0, 0.1) is 10.1 Å². The zero-order valence-corrected chi connectivity index (χ0v) is 24.4. The number of carbonyl (C=O) groups excluding carboxylic acids is 1. The Morgan fingerprint density at radius 3 is 2.51 bits per heavy atom. The molecule has 0 unspecified atom stereocenters. The Bertz CT molecular complexity index is 1700. The number of nitrogens with zero attached hydrogens (tertiary/aromatic N) is 5. The molecule has 0 radical (unpaired) electrons. The van der Waals surface area contributed by atoms with Crippen LogP contribution in [0.5, 0.6) is 0 Å². The fraction of sp³-hybridized carbons (Fsp3) is 0.367. The van der Waals surface area contributed by atoms with Gasteiger partial charge in [0.05, 0.1) is 33.4 Å². The maximum Gasteiger partial charge on any atom is 0.338 e. The van der Waals surface area contributed by atoms with Gasteiger partial charge in [-0.15, -0.1) is 0 Å². The summed E-state index contributed by atoms with van der Waals surface area (Å²) in [6, 6.07) is 11.8. The topological polar surface area (TPSA) is 110 Å². The minimum atomic E-state index is -0.727. The summed E-state index contributed by atoms with van der Waals surface area (Å²) < 4.78 is 7.31. The first-order chi connectivity index (χ1) is 19.7. The Labute approximate surface area is 241 Å². The molecule has 10 nitrogen and oxygen atoms in total. The Balaban J connectivity index is 1.70. The van der Waals surface area contributed by atoms with Gasteiger partial charge in [-0.3, -0.25) is 19.5 Å². The van der Waals surface area contributed by atoms with Crippen molar-refractivity contribution in [2.75, 3.05) is 43.6 Å². The molecule has 41 heavy (non-hydrogen) atoms. The van der Waals surface area contributed by atoms with Gasteiger partial charge < -0.3 is 14.5 Å². The number of nitro groups is 1. The molecule has 0 spiro atoms. The number of allylic oxidation sites excluding steroid dienone is 1. The molecule has 0 bridgehead atoms. The van der Waals surface area contributed by atoms with Gasteiger partial charge in [0.2, 0.25) is 0 Å². The second kappa shape index (κ2) is 11.7. The molecule has 0 aliphatic carbocycles. The van der Waals surface area contributed by atoms with Crippen molar-refractivity contribution in [2.24, 2.45) is 4.99 Å². The summed E-state index contributed by atoms with van der Waals surface area (Å²) in [5.74, 6) is -0.518. The molecule has 0 saturated carbocycles. The van der Waals surface area contributed by atoms with E-state index in [1.165, 1.54) is 23.5 Å². The highest BCUT2D eigenvalue weighted by Gasteiger charge is 2.33. The lowest BCUT2D eigenvalue weighted by Gasteiger charge is -2.30. The average Bonchev–Trinajstić information content (AvgIpc) is 3.26. The number of thiazole rings is 1. The average molecular weight is 576 g/mol. The molecule has 0 amide bonds. The molecule has 11 heteroatoms. The maximum atomic E-state index is 14.1. The van der Waals surface area contributed by atoms with Gasteiger partial charge in [0.15, 0.2) is 4.80 Å². The summed E-state index contributed by atoms with van der Waals surface area (Å²) in [5.41, 5.74) is 3.65. The Hall–Kier alpha value is -4.25. The Morgan fingerprint density at radius 2 is 1.88 bits per heavy atom. The summed E-state index contributed by atoms with van der Waals surface area (Å²) >= 11 is 1.21. The van der Waals surface area contributed by atoms with Crippen molar-refractivity contribution in [2.45, 2.75) is 39.2 Å². The van der Waals surface area contributed by atoms with E-state index in [4.69, 9.17) is 4.74 Å². The number of carbonyl (C=O) groups is 1. The number of piperidine rings is 1. The minimum absolute atomic E-state index is 0.0379. The van der Waals surface area contributed by atoms with E-state index in [1.54, 1.807) is 30.6 Å². The SMILES string of the molecule is CCOC(=O)C1=C(C)N=c2s/c(=C/c3cc([N+](=O)[O-])ccc3N3CCCCC3)c(=O)n2[C@H]1c1ccc(N(C)C)cc1. The van der Waals surface area contributed by atoms with E-state index in [9.17, 15) is 19.7 Å². The van der Waals surface area contributed by atoms with Gasteiger partial charge in [0.25, 0.3) is 11.2 Å². The molecule has 2 aliphatic rings. The van der Waals surface area contributed by atoms with Crippen LogP contribution in [-0.2, 0) is 9.53 Å². The highest BCUT2D eigenvalue weighted by molar-refractivity contribution is 7.07. The monoisotopic (exact) mass is 575 g/mol. The quantitative estimate of drug-likeness (QED) is 0.240. The molecule has 2 aliphatic heterocycles. The van der Waals surface area contributed by atoms with E-state index in [-0.39, 0.29) is 17.9 Å². The van der Waals surface area contributed by atoms with Crippen molar-refractivity contribution in [1.29, 1.82) is 0 Å². The normalized spacial score (nSPS) is 17.2. The van der Waals surface area contributed by atoms with Crippen LogP contribution in [0.3, 0.4) is 0 Å². The highest BCUT2D eigenvalue weighted by Crippen LogP contribution is 2.32. The molecule has 0 N–H and O–H groups in total. The fourth-order valence-corrected chi connectivity index (χ4v) is 6.43. The lowest BCUT2D eigenvalue weighted by atomic mass is 9.95. The minimum Gasteiger partial charge on any atom is -0.463 e. The zero-order chi connectivity index (χ0) is 29.3. The van der Waals surface area contributed by atoms with Gasteiger partial charge in [-0.1, -0.05) is 23.5 Å². The summed E-state index contributed by atoms with van der Waals surface area (Å²) in [6.45, 7) is 5.39. The molecule has 2 aromatic carbocycles. The van der Waals surface area contributed by atoms with Crippen LogP contribution in [0.4, 0.5) is 17.1 Å². The summed E-state index contributed by atoms with van der Waals surface area (Å²) in [5, 5.41) is 11.6. The van der Waals surface area contributed by atoms with Crippen LogP contribution in [0.25, 0.3) is 6.08 Å². The predicted molar refractivity (Wildman–Crippen MR) is 160 cm³/mol. The molecule has 3 heterocycles. The van der Waals surface area contributed by atoms with E-state index < -0.39 is 16.9 Å². The molecule has 214 valence electrons. The maximum absolute atomic E-state index is 14.1. The number of hydrogen-bond donors (Lipinski definition) is 0. The first-order valence-electron chi connectivity index (χ1n) is 13.7. The Kier molecular flexibility index (Phi) is 8.07. The third-order valence-corrected chi connectivity index (χ3v) is 8.43. The van der Waals surface area contributed by atoms with Gasteiger partial charge in [-0.2, -0.15) is 0 Å². The van der Waals surface area contributed by atoms with Crippen LogP contribution >= 0.6 is 11.3 Å². The summed E-state index contributed by atoms with van der Waals surface area (Å²) in [4.78, 5) is 47.7. The van der Waals surface area contributed by atoms with Gasteiger partial charge >= 0.3 is 5.97 Å². The Morgan fingerprint density at radius 1 is 1.17 bits per heavy atom. The highest BCUT2D eigenvalue weighted by atomic mass is 32.1. The molecular formula is C30H33N5O5S. The van der Waals surface area contributed by atoms with Crippen molar-refractivity contribution in [1.82, 2.24) is 4.57 Å². The number of anilines is 2. The number of benzene rings is 2. The van der Waals surface area contributed by atoms with Crippen LogP contribution in [0.2, 0.25) is 0 Å². The van der Waals surface area contributed by atoms with Crippen LogP contribution in [0.1, 0.15) is 50.3 Å². The molecule has 1 fully saturated rings. The molecule has 1 atom stereocenters. The van der Waals surface area contributed by atoms with E-state index in [0.717, 1.165) is 49.3 Å². The van der Waals surface area contributed by atoms with Crippen LogP contribution in [0.15, 0.2) is 63.5 Å². The molecule has 1 saturated heterocycles. The third kappa shape index (κ3) is 5.54. The fourth-order valence-electron chi connectivity index (χ4n) is 5.40. The summed E-state index contributed by atoms with van der Waals surface area (Å²) in [7, 11) is 3.89. The van der Waals surface area contributed by atoms with Gasteiger partial charge in [0.1, 0.15) is 0 Å². The number of fused-ring (bicyclic) bond motifs is 1. The van der Waals surface area contributed by atoms with E-state index in [0.29, 0.717) is 26.2 Å². The van der Waals surface area contributed by atoms with Crippen molar-refractivity contribution < 1.29 is 14.5 Å². The van der Waals surface area contributed by atoms with Crippen LogP contribution in [-0.4, -0.2) is 49.3 Å². The lowest BCUT2D eigenvalue weighted by Crippen LogP contribution is -2.40. The number of ether oxygens (including phenoxy) is 1. The smallest absolute Gasteiger partial charge is 0.338 e. The second-order valence-electron chi connectivity index (χ2n) is 10.3. The van der Waals surface area contributed by atoms with Gasteiger partial charge in [-0.05, 0) is 62.9 Å². The van der Waals surface area contributed by atoms with Crippen molar-refractivity contribution in [3.05, 3.63) is 94.7 Å². The number of non-ortho nitro benzene ring substituents is 1. The molecule has 5 rings (SSSR count). The number of esters is 1. The predicted octanol–water partition coefficient (Wildman–Crippen LogP) is 3.76. The molecular weight excluding hydrogens is 542 g/mol.